The third-order valence-electron chi connectivity index (χ3n) is 4.12. The Balaban J connectivity index is 1.64. The van der Waals surface area contributed by atoms with Crippen LogP contribution in [0.4, 0.5) is 10.6 Å². The van der Waals surface area contributed by atoms with Crippen molar-refractivity contribution in [1.82, 2.24) is 14.9 Å². The molecule has 0 saturated carbocycles. The van der Waals surface area contributed by atoms with E-state index in [2.05, 4.69) is 46.5 Å². The molecule has 6 nitrogen and oxygen atoms in total. The van der Waals surface area contributed by atoms with Gasteiger partial charge in [-0.2, -0.15) is 0 Å². The maximum absolute atomic E-state index is 12.5. The van der Waals surface area contributed by atoms with Crippen molar-refractivity contribution in [1.29, 1.82) is 0 Å². The molecule has 2 aromatic rings. The number of carbonyl (C=O) groups excluding carboxylic acids is 1. The molecule has 1 saturated heterocycles. The van der Waals surface area contributed by atoms with Gasteiger partial charge in [-0.15, -0.1) is 0 Å². The molecule has 0 bridgehead atoms. The molecule has 1 aliphatic rings. The zero-order valence-corrected chi connectivity index (χ0v) is 14.0. The summed E-state index contributed by atoms with van der Waals surface area (Å²) in [7, 11) is 0. The Bertz CT molecular complexity index is 702. The van der Waals surface area contributed by atoms with E-state index in [1.165, 1.54) is 5.56 Å². The van der Waals surface area contributed by atoms with Crippen LogP contribution in [0.5, 0.6) is 0 Å². The molecule has 0 radical (unpaired) electrons. The molecular formula is C18H22N4O2. The molecule has 1 atom stereocenters. The fourth-order valence-electron chi connectivity index (χ4n) is 2.72. The molecule has 0 aliphatic carbocycles. The summed E-state index contributed by atoms with van der Waals surface area (Å²) in [6.45, 7) is 5.55. The minimum Gasteiger partial charge on any atom is -0.370 e. The molecule has 1 fully saturated rings. The summed E-state index contributed by atoms with van der Waals surface area (Å²) in [5, 5.41) is 2.82. The van der Waals surface area contributed by atoms with Crippen molar-refractivity contribution in [2.75, 3.05) is 25.0 Å². The lowest BCUT2D eigenvalue weighted by Gasteiger charge is -2.33. The third kappa shape index (κ3) is 3.89. The Kier molecular flexibility index (Phi) is 5.05. The van der Waals surface area contributed by atoms with Gasteiger partial charge in [0.15, 0.2) is 0 Å². The van der Waals surface area contributed by atoms with Crippen molar-refractivity contribution in [3.05, 3.63) is 53.5 Å². The standard InChI is InChI=1S/C18H22N4O2/c1-3-14-4-6-15(7-5-14)16-12-22(10-11-24-16)18(23)21-17-8-9-19-13(2)20-17/h4-9,16H,3,10-12H2,1-2H3,(H,19,20,21,23). The predicted octanol–water partition coefficient (Wildman–Crippen LogP) is 2.95. The summed E-state index contributed by atoms with van der Waals surface area (Å²) in [6, 6.07) is 9.92. The number of carbonyl (C=O) groups is 1. The molecule has 2 heterocycles. The van der Waals surface area contributed by atoms with Crippen LogP contribution in [0, 0.1) is 6.92 Å². The quantitative estimate of drug-likeness (QED) is 0.941. The van der Waals surface area contributed by atoms with Gasteiger partial charge in [0, 0.05) is 12.7 Å². The topological polar surface area (TPSA) is 67.4 Å². The van der Waals surface area contributed by atoms with Gasteiger partial charge in [0.25, 0.3) is 0 Å². The maximum atomic E-state index is 12.5. The normalized spacial score (nSPS) is 17.6. The smallest absolute Gasteiger partial charge is 0.323 e. The summed E-state index contributed by atoms with van der Waals surface area (Å²) in [5.41, 5.74) is 2.39. The van der Waals surface area contributed by atoms with Crippen LogP contribution in [-0.4, -0.2) is 40.6 Å². The van der Waals surface area contributed by atoms with Gasteiger partial charge < -0.3 is 9.64 Å². The highest BCUT2D eigenvalue weighted by atomic mass is 16.5. The van der Waals surface area contributed by atoms with E-state index >= 15 is 0 Å². The van der Waals surface area contributed by atoms with Gasteiger partial charge in [-0.1, -0.05) is 31.2 Å². The number of aromatic nitrogens is 2. The van der Waals surface area contributed by atoms with Crippen molar-refractivity contribution >= 4 is 11.8 Å². The monoisotopic (exact) mass is 326 g/mol. The molecule has 0 spiro atoms. The summed E-state index contributed by atoms with van der Waals surface area (Å²) in [4.78, 5) is 22.5. The molecule has 24 heavy (non-hydrogen) atoms. The molecule has 3 rings (SSSR count). The van der Waals surface area contributed by atoms with Crippen molar-refractivity contribution in [3.8, 4) is 0 Å². The molecule has 1 unspecified atom stereocenters. The van der Waals surface area contributed by atoms with Crippen LogP contribution in [-0.2, 0) is 11.2 Å². The number of ether oxygens (including phenoxy) is 1. The number of nitrogens with zero attached hydrogens (tertiary/aromatic N) is 3. The van der Waals surface area contributed by atoms with Gasteiger partial charge in [0.05, 0.1) is 13.2 Å². The highest BCUT2D eigenvalue weighted by molar-refractivity contribution is 5.88. The lowest BCUT2D eigenvalue weighted by molar-refractivity contribution is -0.0135. The lowest BCUT2D eigenvalue weighted by Crippen LogP contribution is -2.44. The molecule has 126 valence electrons. The summed E-state index contributed by atoms with van der Waals surface area (Å²) in [5.74, 6) is 1.14. The zero-order chi connectivity index (χ0) is 16.9. The van der Waals surface area contributed by atoms with E-state index < -0.39 is 0 Å². The minimum atomic E-state index is -0.161. The molecule has 1 aromatic heterocycles. The van der Waals surface area contributed by atoms with Crippen LogP contribution >= 0.6 is 0 Å². The third-order valence-corrected chi connectivity index (χ3v) is 4.12. The number of amides is 2. The predicted molar refractivity (Wildman–Crippen MR) is 91.9 cm³/mol. The van der Waals surface area contributed by atoms with Gasteiger partial charge in [-0.25, -0.2) is 14.8 Å². The molecule has 1 aromatic carbocycles. The number of hydrogen-bond donors (Lipinski definition) is 1. The average molecular weight is 326 g/mol. The second-order valence-corrected chi connectivity index (χ2v) is 5.82. The first-order valence-electron chi connectivity index (χ1n) is 8.21. The van der Waals surface area contributed by atoms with E-state index in [0.717, 1.165) is 12.0 Å². The Morgan fingerprint density at radius 1 is 1.33 bits per heavy atom. The van der Waals surface area contributed by atoms with E-state index in [0.29, 0.717) is 31.3 Å². The largest absolute Gasteiger partial charge is 0.370 e. The Morgan fingerprint density at radius 2 is 2.12 bits per heavy atom. The fourth-order valence-corrected chi connectivity index (χ4v) is 2.72. The van der Waals surface area contributed by atoms with E-state index in [4.69, 9.17) is 4.74 Å². The highest BCUT2D eigenvalue weighted by Gasteiger charge is 2.25. The lowest BCUT2D eigenvalue weighted by atomic mass is 10.0. The van der Waals surface area contributed by atoms with Gasteiger partial charge in [0.1, 0.15) is 17.7 Å². The summed E-state index contributed by atoms with van der Waals surface area (Å²) >= 11 is 0. The SMILES string of the molecule is CCc1ccc(C2CN(C(=O)Nc3ccnc(C)n3)CCO2)cc1. The van der Waals surface area contributed by atoms with Crippen LogP contribution in [0.1, 0.15) is 30.0 Å². The Labute approximate surface area is 141 Å². The van der Waals surface area contributed by atoms with Crippen LogP contribution < -0.4 is 5.32 Å². The number of aryl methyl sites for hydroxylation is 2. The van der Waals surface area contributed by atoms with Crippen molar-refractivity contribution in [2.24, 2.45) is 0 Å². The fraction of sp³-hybridized carbons (Fsp3) is 0.389. The zero-order valence-electron chi connectivity index (χ0n) is 14.0. The van der Waals surface area contributed by atoms with Crippen LogP contribution in [0.2, 0.25) is 0 Å². The molecule has 2 amide bonds. The Morgan fingerprint density at radius 3 is 2.83 bits per heavy atom. The summed E-state index contributed by atoms with van der Waals surface area (Å²) in [6.07, 6.45) is 2.55. The van der Waals surface area contributed by atoms with E-state index in [1.54, 1.807) is 24.1 Å². The van der Waals surface area contributed by atoms with E-state index in [9.17, 15) is 4.79 Å². The number of rotatable bonds is 3. The number of nitrogens with one attached hydrogen (secondary N) is 1. The maximum Gasteiger partial charge on any atom is 0.323 e. The van der Waals surface area contributed by atoms with Crippen LogP contribution in [0.25, 0.3) is 0 Å². The first kappa shape index (κ1) is 16.4. The van der Waals surface area contributed by atoms with Gasteiger partial charge in [-0.05, 0) is 30.5 Å². The average Bonchev–Trinajstić information content (AvgIpc) is 2.62. The van der Waals surface area contributed by atoms with Crippen molar-refractivity contribution < 1.29 is 9.53 Å². The number of hydrogen-bond acceptors (Lipinski definition) is 4. The number of urea groups is 1. The van der Waals surface area contributed by atoms with Gasteiger partial charge in [-0.3, -0.25) is 5.32 Å². The van der Waals surface area contributed by atoms with E-state index in [-0.39, 0.29) is 12.1 Å². The van der Waals surface area contributed by atoms with Gasteiger partial charge in [0.2, 0.25) is 0 Å². The highest BCUT2D eigenvalue weighted by Crippen LogP contribution is 2.23. The second-order valence-electron chi connectivity index (χ2n) is 5.82. The second kappa shape index (κ2) is 7.40. The Hall–Kier alpha value is -2.47. The van der Waals surface area contributed by atoms with Crippen molar-refractivity contribution in [2.45, 2.75) is 26.4 Å². The summed E-state index contributed by atoms with van der Waals surface area (Å²) < 4.78 is 5.84. The molecule has 1 aliphatic heterocycles. The molecule has 1 N–H and O–H groups in total. The number of anilines is 1. The molecule has 6 heteroatoms. The minimum absolute atomic E-state index is 0.0949. The van der Waals surface area contributed by atoms with Crippen molar-refractivity contribution in [3.63, 3.8) is 0 Å². The molecular weight excluding hydrogens is 304 g/mol. The first-order chi connectivity index (χ1) is 11.7. The first-order valence-corrected chi connectivity index (χ1v) is 8.21. The number of morpholine rings is 1. The van der Waals surface area contributed by atoms with Crippen LogP contribution in [0.15, 0.2) is 36.5 Å². The van der Waals surface area contributed by atoms with Gasteiger partial charge >= 0.3 is 6.03 Å². The van der Waals surface area contributed by atoms with Crippen LogP contribution in [0.3, 0.4) is 0 Å². The number of benzene rings is 1. The van der Waals surface area contributed by atoms with E-state index in [1.807, 2.05) is 0 Å².